The lowest BCUT2D eigenvalue weighted by atomic mass is 9.93. The molecule has 4 bridgehead atoms. The molecule has 1 aromatic carbocycles. The Kier molecular flexibility index (Phi) is 5.32. The van der Waals surface area contributed by atoms with Crippen LogP contribution in [0.15, 0.2) is 54.7 Å². The summed E-state index contributed by atoms with van der Waals surface area (Å²) in [6, 6.07) is 10.4. The fourth-order valence-corrected chi connectivity index (χ4v) is 4.98. The van der Waals surface area contributed by atoms with Gasteiger partial charge in [-0.25, -0.2) is 9.37 Å². The largest absolute Gasteiger partial charge is 0.492 e. The van der Waals surface area contributed by atoms with Gasteiger partial charge in [0.05, 0.1) is 35.3 Å². The van der Waals surface area contributed by atoms with Crippen molar-refractivity contribution in [1.82, 2.24) is 20.3 Å². The van der Waals surface area contributed by atoms with Crippen molar-refractivity contribution in [2.75, 3.05) is 24.3 Å². The number of benzene rings is 1. The summed E-state index contributed by atoms with van der Waals surface area (Å²) >= 11 is 0. The van der Waals surface area contributed by atoms with Crippen LogP contribution in [0.1, 0.15) is 35.3 Å². The van der Waals surface area contributed by atoms with Gasteiger partial charge in [-0.05, 0) is 43.7 Å². The third-order valence-electron chi connectivity index (χ3n) is 6.68. The molecule has 182 valence electrons. The first-order chi connectivity index (χ1) is 17.5. The molecule has 0 aliphatic carbocycles. The number of aromatic amines is 1. The molecule has 1 unspecified atom stereocenters. The fourth-order valence-electron chi connectivity index (χ4n) is 4.98. The number of rotatable bonds is 3. The lowest BCUT2D eigenvalue weighted by Gasteiger charge is -2.23. The fraction of sp³-hybridized carbons (Fsp3) is 0.222. The van der Waals surface area contributed by atoms with E-state index in [2.05, 4.69) is 45.0 Å². The predicted octanol–water partition coefficient (Wildman–Crippen LogP) is 5.10. The molecule has 5 heterocycles. The highest BCUT2D eigenvalue weighted by Gasteiger charge is 2.33. The number of nitrogens with zero attached hydrogens (tertiary/aromatic N) is 2. The summed E-state index contributed by atoms with van der Waals surface area (Å²) in [5, 5.41) is 9.76. The van der Waals surface area contributed by atoms with Crippen molar-refractivity contribution in [2.45, 2.75) is 25.3 Å². The molecule has 3 aromatic heterocycles. The molecule has 1 amide bonds. The van der Waals surface area contributed by atoms with Gasteiger partial charge in [0.2, 0.25) is 0 Å². The minimum Gasteiger partial charge on any atom is -0.492 e. The lowest BCUT2D eigenvalue weighted by Crippen LogP contribution is -2.34. The first-order valence-corrected chi connectivity index (χ1v) is 11.9. The van der Waals surface area contributed by atoms with E-state index >= 15 is 0 Å². The summed E-state index contributed by atoms with van der Waals surface area (Å²) in [4.78, 5) is 26.1. The third-order valence-corrected chi connectivity index (χ3v) is 6.68. The van der Waals surface area contributed by atoms with E-state index in [4.69, 9.17) is 9.72 Å². The molecule has 2 atom stereocenters. The molecule has 2 aliphatic rings. The number of ether oxygens (including phenoxy) is 1. The molecule has 9 heteroatoms. The van der Waals surface area contributed by atoms with Crippen molar-refractivity contribution in [3.05, 3.63) is 71.8 Å². The number of fused-ring (bicyclic) bond motifs is 3. The second-order valence-electron chi connectivity index (χ2n) is 9.04. The summed E-state index contributed by atoms with van der Waals surface area (Å²) in [6.45, 7) is 2.58. The summed E-state index contributed by atoms with van der Waals surface area (Å²) in [5.41, 5.74) is 5.16. The number of hydrogen-bond donors (Lipinski definition) is 4. The number of aromatic nitrogens is 3. The molecule has 8 nitrogen and oxygen atoms in total. The van der Waals surface area contributed by atoms with Crippen LogP contribution in [0.5, 0.6) is 5.75 Å². The zero-order chi connectivity index (χ0) is 24.8. The lowest BCUT2D eigenvalue weighted by molar-refractivity contribution is 0.0941. The maximum absolute atomic E-state index is 14.5. The van der Waals surface area contributed by atoms with E-state index in [1.807, 2.05) is 18.2 Å². The summed E-state index contributed by atoms with van der Waals surface area (Å²) < 4.78 is 19.9. The maximum Gasteiger partial charge on any atom is 0.255 e. The molecule has 0 radical (unpaired) electrons. The SMILES string of the molecule is COc1c(F)cccc1Nc1c2[nH]c3c1C(=O)NCC3C/C=C\[C@H](C)Nc1ccc3nccc-2c3n1. The molecule has 4 aromatic rings. The maximum atomic E-state index is 14.5. The molecule has 4 N–H and O–H groups in total. The Balaban J connectivity index is 1.64. The number of nitrogens with one attached hydrogen (secondary N) is 4. The number of halogens is 1. The second-order valence-corrected chi connectivity index (χ2v) is 9.04. The van der Waals surface area contributed by atoms with Gasteiger partial charge in [-0.1, -0.05) is 18.2 Å². The van der Waals surface area contributed by atoms with Gasteiger partial charge in [-0.3, -0.25) is 9.78 Å². The van der Waals surface area contributed by atoms with Gasteiger partial charge in [0, 0.05) is 36.0 Å². The average molecular weight is 485 g/mol. The van der Waals surface area contributed by atoms with Crippen LogP contribution in [0.4, 0.5) is 21.6 Å². The van der Waals surface area contributed by atoms with Crippen LogP contribution >= 0.6 is 0 Å². The van der Waals surface area contributed by atoms with Crippen molar-refractivity contribution in [1.29, 1.82) is 0 Å². The molecule has 2 aliphatic heterocycles. The standard InChI is InChI=1S/C27H25FN6O2/c1-14-5-3-6-15-13-30-27(35)21-22(15)34-24(25(21)32-19-8-4-7-17(28)26(19)36-2)16-11-12-29-18-9-10-20(31-14)33-23(16)18/h3-5,7-12,14-15,32,34H,6,13H2,1-2H3,(H,30,35)(H,31,33)/b5-3-/t14-,15?/m0/s1. The van der Waals surface area contributed by atoms with Gasteiger partial charge in [0.1, 0.15) is 11.3 Å². The number of carbonyl (C=O) groups is 1. The zero-order valence-electron chi connectivity index (χ0n) is 19.9. The van der Waals surface area contributed by atoms with Gasteiger partial charge in [0.25, 0.3) is 5.91 Å². The molecule has 0 saturated carbocycles. The van der Waals surface area contributed by atoms with E-state index in [1.165, 1.54) is 13.2 Å². The molecule has 0 fully saturated rings. The number of methoxy groups -OCH3 is 1. The Hall–Kier alpha value is -4.40. The van der Waals surface area contributed by atoms with Crippen LogP contribution in [0, 0.1) is 5.82 Å². The van der Waals surface area contributed by atoms with E-state index < -0.39 is 5.82 Å². The summed E-state index contributed by atoms with van der Waals surface area (Å²) in [5.74, 6) is 0.146. The van der Waals surface area contributed by atoms with Crippen LogP contribution in [0.3, 0.4) is 0 Å². The van der Waals surface area contributed by atoms with Crippen molar-refractivity contribution in [3.63, 3.8) is 0 Å². The number of para-hydroxylation sites is 1. The van der Waals surface area contributed by atoms with Gasteiger partial charge >= 0.3 is 0 Å². The van der Waals surface area contributed by atoms with Crippen molar-refractivity contribution < 1.29 is 13.9 Å². The van der Waals surface area contributed by atoms with Crippen LogP contribution < -0.4 is 20.7 Å². The highest BCUT2D eigenvalue weighted by Crippen LogP contribution is 2.43. The summed E-state index contributed by atoms with van der Waals surface area (Å²) in [7, 11) is 1.42. The first kappa shape index (κ1) is 22.1. The van der Waals surface area contributed by atoms with Crippen molar-refractivity contribution >= 4 is 34.1 Å². The van der Waals surface area contributed by atoms with E-state index in [0.717, 1.165) is 29.0 Å². The minimum atomic E-state index is -0.496. The molecule has 0 saturated heterocycles. The summed E-state index contributed by atoms with van der Waals surface area (Å²) in [6.07, 6.45) is 6.68. The number of carbonyl (C=O) groups excluding carboxylic acids is 1. The van der Waals surface area contributed by atoms with Gasteiger partial charge in [-0.2, -0.15) is 0 Å². The van der Waals surface area contributed by atoms with Crippen LogP contribution in [-0.4, -0.2) is 40.6 Å². The number of pyridine rings is 2. The third kappa shape index (κ3) is 3.64. The Labute approximate surface area is 207 Å². The van der Waals surface area contributed by atoms with E-state index in [-0.39, 0.29) is 23.6 Å². The number of hydrogen-bond acceptors (Lipinski definition) is 6. The normalized spacial score (nSPS) is 19.5. The number of allylic oxidation sites excluding steroid dienone is 1. The average Bonchev–Trinajstić information content (AvgIpc) is 3.25. The quantitative estimate of drug-likeness (QED) is 0.302. The van der Waals surface area contributed by atoms with E-state index in [1.54, 1.807) is 18.3 Å². The van der Waals surface area contributed by atoms with Crippen LogP contribution in [0.25, 0.3) is 22.3 Å². The van der Waals surface area contributed by atoms with E-state index in [9.17, 15) is 9.18 Å². The van der Waals surface area contributed by atoms with Gasteiger partial charge in [-0.15, -0.1) is 0 Å². The molecule has 0 spiro atoms. The van der Waals surface area contributed by atoms with Crippen molar-refractivity contribution in [2.24, 2.45) is 0 Å². The highest BCUT2D eigenvalue weighted by molar-refractivity contribution is 6.08. The Bertz CT molecular complexity index is 1530. The Morgan fingerprint density at radius 3 is 2.94 bits per heavy atom. The van der Waals surface area contributed by atoms with E-state index in [0.29, 0.717) is 34.7 Å². The predicted molar refractivity (Wildman–Crippen MR) is 137 cm³/mol. The van der Waals surface area contributed by atoms with Crippen LogP contribution in [0.2, 0.25) is 0 Å². The zero-order valence-corrected chi connectivity index (χ0v) is 19.9. The smallest absolute Gasteiger partial charge is 0.255 e. The minimum absolute atomic E-state index is 0.0407. The molecular formula is C27H25FN6O2. The van der Waals surface area contributed by atoms with Gasteiger partial charge in [0.15, 0.2) is 11.6 Å². The number of anilines is 3. The molecule has 36 heavy (non-hydrogen) atoms. The van der Waals surface area contributed by atoms with Gasteiger partial charge < -0.3 is 25.7 Å². The second kappa shape index (κ2) is 8.67. The Morgan fingerprint density at radius 1 is 1.19 bits per heavy atom. The van der Waals surface area contributed by atoms with Crippen molar-refractivity contribution in [3.8, 4) is 17.0 Å². The number of amides is 1. The topological polar surface area (TPSA) is 104 Å². The highest BCUT2D eigenvalue weighted by atomic mass is 19.1. The number of H-pyrrole nitrogens is 1. The molecular weight excluding hydrogens is 459 g/mol. The Morgan fingerprint density at radius 2 is 2.08 bits per heavy atom. The monoisotopic (exact) mass is 484 g/mol. The molecule has 6 rings (SSSR count). The van der Waals surface area contributed by atoms with Crippen LogP contribution in [-0.2, 0) is 0 Å². The first-order valence-electron chi connectivity index (χ1n) is 11.9.